The van der Waals surface area contributed by atoms with Gasteiger partial charge in [-0.15, -0.1) is 0 Å². The Bertz CT molecular complexity index is 668. The molecule has 1 aliphatic heterocycles. The predicted octanol–water partition coefficient (Wildman–Crippen LogP) is 2.79. The fourth-order valence-electron chi connectivity index (χ4n) is 2.97. The van der Waals surface area contributed by atoms with Crippen molar-refractivity contribution in [3.63, 3.8) is 0 Å². The molecule has 1 aromatic rings. The van der Waals surface area contributed by atoms with E-state index in [0.717, 1.165) is 18.7 Å². The first-order valence-corrected chi connectivity index (χ1v) is 8.72. The lowest BCUT2D eigenvalue weighted by atomic mass is 10.00. The molecule has 1 unspecified atom stereocenters. The van der Waals surface area contributed by atoms with E-state index in [2.05, 4.69) is 9.64 Å². The largest absolute Gasteiger partial charge is 0.507 e. The summed E-state index contributed by atoms with van der Waals surface area (Å²) in [5, 5.41) is 10.2. The van der Waals surface area contributed by atoms with Crippen molar-refractivity contribution < 1.29 is 24.2 Å². The molecular formula is C19H28N2O5. The Labute approximate surface area is 154 Å². The van der Waals surface area contributed by atoms with E-state index in [1.54, 1.807) is 11.0 Å². The van der Waals surface area contributed by atoms with Crippen LogP contribution in [-0.2, 0) is 9.47 Å². The van der Waals surface area contributed by atoms with Crippen molar-refractivity contribution in [3.05, 3.63) is 29.3 Å². The second-order valence-electron chi connectivity index (χ2n) is 7.55. The van der Waals surface area contributed by atoms with Gasteiger partial charge in [0.25, 0.3) is 0 Å². The number of rotatable bonds is 2. The third kappa shape index (κ3) is 4.88. The van der Waals surface area contributed by atoms with Crippen LogP contribution < -0.4 is 0 Å². The van der Waals surface area contributed by atoms with Crippen molar-refractivity contribution in [3.8, 4) is 5.75 Å². The monoisotopic (exact) mass is 364 g/mol. The Morgan fingerprint density at radius 3 is 2.46 bits per heavy atom. The number of phenols is 1. The highest BCUT2D eigenvalue weighted by atomic mass is 16.6. The number of aromatic hydroxyl groups is 1. The molecule has 1 fully saturated rings. The molecule has 0 aliphatic carbocycles. The van der Waals surface area contributed by atoms with E-state index in [9.17, 15) is 14.7 Å². The molecule has 0 spiro atoms. The number of hydrogen-bond acceptors (Lipinski definition) is 6. The highest BCUT2D eigenvalue weighted by Gasteiger charge is 2.32. The van der Waals surface area contributed by atoms with Crippen LogP contribution in [0, 0.1) is 0 Å². The van der Waals surface area contributed by atoms with Crippen molar-refractivity contribution in [1.82, 2.24) is 9.80 Å². The lowest BCUT2D eigenvalue weighted by Crippen LogP contribution is -2.40. The number of phenolic OH excluding ortho intramolecular Hbond substituents is 1. The molecule has 7 heteroatoms. The Kier molecular flexibility index (Phi) is 6.13. The molecule has 1 aromatic carbocycles. The van der Waals surface area contributed by atoms with Crippen LogP contribution in [0.1, 0.15) is 49.2 Å². The van der Waals surface area contributed by atoms with Gasteiger partial charge in [-0.25, -0.2) is 9.59 Å². The van der Waals surface area contributed by atoms with Gasteiger partial charge in [-0.1, -0.05) is 6.07 Å². The van der Waals surface area contributed by atoms with E-state index in [-0.39, 0.29) is 23.4 Å². The molecule has 1 atom stereocenters. The van der Waals surface area contributed by atoms with Crippen LogP contribution in [0.4, 0.5) is 4.79 Å². The SMILES string of the molecule is COC(=O)c1ccc(C2CCN(C)CCN2C(=O)OC(C)(C)C)cc1O. The smallest absolute Gasteiger partial charge is 0.410 e. The van der Waals surface area contributed by atoms with Gasteiger partial charge in [0.05, 0.1) is 13.2 Å². The maximum atomic E-state index is 12.7. The molecule has 1 amide bonds. The summed E-state index contributed by atoms with van der Waals surface area (Å²) >= 11 is 0. The minimum absolute atomic E-state index is 0.103. The molecular weight excluding hydrogens is 336 g/mol. The molecule has 7 nitrogen and oxygen atoms in total. The van der Waals surface area contributed by atoms with Crippen LogP contribution in [0.5, 0.6) is 5.75 Å². The minimum atomic E-state index is -0.598. The van der Waals surface area contributed by atoms with Crippen LogP contribution in [0.15, 0.2) is 18.2 Å². The number of esters is 1. The van der Waals surface area contributed by atoms with Gasteiger partial charge in [0.1, 0.15) is 16.9 Å². The summed E-state index contributed by atoms with van der Waals surface area (Å²) in [6.07, 6.45) is 0.321. The first-order valence-electron chi connectivity index (χ1n) is 8.72. The molecule has 0 bridgehead atoms. The maximum absolute atomic E-state index is 12.7. The number of carbonyl (C=O) groups is 2. The lowest BCUT2D eigenvalue weighted by molar-refractivity contribution is 0.0168. The number of ether oxygens (including phenoxy) is 2. The van der Waals surface area contributed by atoms with Gasteiger partial charge in [0.2, 0.25) is 0 Å². The summed E-state index contributed by atoms with van der Waals surface area (Å²) in [5.74, 6) is -0.755. The summed E-state index contributed by atoms with van der Waals surface area (Å²) in [6.45, 7) is 7.57. The number of amides is 1. The summed E-state index contributed by atoms with van der Waals surface area (Å²) < 4.78 is 10.2. The van der Waals surface area contributed by atoms with Gasteiger partial charge in [0.15, 0.2) is 0 Å². The topological polar surface area (TPSA) is 79.3 Å². The van der Waals surface area contributed by atoms with E-state index >= 15 is 0 Å². The molecule has 0 saturated carbocycles. The molecule has 0 radical (unpaired) electrons. The third-order valence-corrected chi connectivity index (χ3v) is 4.32. The molecule has 2 rings (SSSR count). The zero-order valence-corrected chi connectivity index (χ0v) is 16.1. The van der Waals surface area contributed by atoms with E-state index in [0.29, 0.717) is 13.0 Å². The summed E-state index contributed by atoms with van der Waals surface area (Å²) in [5.41, 5.74) is 0.276. The van der Waals surface area contributed by atoms with E-state index in [1.165, 1.54) is 19.2 Å². The molecule has 1 aliphatic rings. The number of carbonyl (C=O) groups excluding carboxylic acids is 2. The molecule has 1 saturated heterocycles. The zero-order chi connectivity index (χ0) is 19.5. The minimum Gasteiger partial charge on any atom is -0.507 e. The van der Waals surface area contributed by atoms with Crippen LogP contribution in [0.25, 0.3) is 0 Å². The van der Waals surface area contributed by atoms with E-state index in [4.69, 9.17) is 4.74 Å². The second-order valence-corrected chi connectivity index (χ2v) is 7.55. The van der Waals surface area contributed by atoms with E-state index in [1.807, 2.05) is 27.8 Å². The average molecular weight is 364 g/mol. The van der Waals surface area contributed by atoms with Crippen molar-refractivity contribution in [2.45, 2.75) is 38.8 Å². The van der Waals surface area contributed by atoms with Crippen molar-refractivity contribution >= 4 is 12.1 Å². The van der Waals surface area contributed by atoms with Gasteiger partial charge in [-0.2, -0.15) is 0 Å². The first-order chi connectivity index (χ1) is 12.1. The highest BCUT2D eigenvalue weighted by Crippen LogP contribution is 2.31. The number of nitrogens with zero attached hydrogens (tertiary/aromatic N) is 2. The normalized spacial score (nSPS) is 19.0. The maximum Gasteiger partial charge on any atom is 0.410 e. The van der Waals surface area contributed by atoms with Gasteiger partial charge < -0.3 is 19.5 Å². The average Bonchev–Trinajstić information content (AvgIpc) is 2.74. The number of benzene rings is 1. The Balaban J connectivity index is 2.33. The summed E-state index contributed by atoms with van der Waals surface area (Å²) in [4.78, 5) is 28.2. The van der Waals surface area contributed by atoms with Crippen molar-refractivity contribution in [2.24, 2.45) is 0 Å². The first kappa shape index (κ1) is 20.0. The van der Waals surface area contributed by atoms with Gasteiger partial charge >= 0.3 is 12.1 Å². The van der Waals surface area contributed by atoms with Crippen LogP contribution in [0.3, 0.4) is 0 Å². The van der Waals surface area contributed by atoms with Crippen molar-refractivity contribution in [2.75, 3.05) is 33.8 Å². The number of likely N-dealkylation sites (N-methyl/N-ethyl adjacent to an activating group) is 1. The standard InChI is InChI=1S/C19H28N2O5/c1-19(2,3)26-18(24)21-11-10-20(4)9-8-15(21)13-6-7-14(16(22)12-13)17(23)25-5/h6-7,12,15,22H,8-11H2,1-5H3. The molecule has 1 N–H and O–H groups in total. The Morgan fingerprint density at radius 2 is 1.88 bits per heavy atom. The molecule has 0 aromatic heterocycles. The fourth-order valence-corrected chi connectivity index (χ4v) is 2.97. The van der Waals surface area contributed by atoms with Crippen molar-refractivity contribution in [1.29, 1.82) is 0 Å². The quantitative estimate of drug-likeness (QED) is 0.813. The van der Waals surface area contributed by atoms with E-state index < -0.39 is 11.6 Å². The zero-order valence-electron chi connectivity index (χ0n) is 16.1. The van der Waals surface area contributed by atoms with Crippen LogP contribution in [0.2, 0.25) is 0 Å². The van der Waals surface area contributed by atoms with Crippen LogP contribution in [-0.4, -0.2) is 66.4 Å². The van der Waals surface area contributed by atoms with Gasteiger partial charge in [-0.05, 0) is 51.9 Å². The summed E-state index contributed by atoms with van der Waals surface area (Å²) in [6, 6.07) is 4.56. The lowest BCUT2D eigenvalue weighted by Gasteiger charge is -2.32. The van der Waals surface area contributed by atoms with Gasteiger partial charge in [-0.3, -0.25) is 4.90 Å². The third-order valence-electron chi connectivity index (χ3n) is 4.32. The fraction of sp³-hybridized carbons (Fsp3) is 0.579. The highest BCUT2D eigenvalue weighted by molar-refractivity contribution is 5.92. The van der Waals surface area contributed by atoms with Crippen LogP contribution >= 0.6 is 0 Å². The number of methoxy groups -OCH3 is 1. The Hall–Kier alpha value is -2.28. The predicted molar refractivity (Wildman–Crippen MR) is 97.2 cm³/mol. The van der Waals surface area contributed by atoms with Gasteiger partial charge in [0, 0.05) is 19.6 Å². The second kappa shape index (κ2) is 7.95. The molecule has 1 heterocycles. The molecule has 144 valence electrons. The number of hydrogen-bond donors (Lipinski definition) is 1. The Morgan fingerprint density at radius 1 is 1.19 bits per heavy atom. The summed E-state index contributed by atoms with van der Waals surface area (Å²) in [7, 11) is 3.27. The molecule has 26 heavy (non-hydrogen) atoms.